The minimum atomic E-state index is -0.221. The van der Waals surface area contributed by atoms with Gasteiger partial charge < -0.3 is 9.47 Å². The van der Waals surface area contributed by atoms with Crippen LogP contribution in [-0.2, 0) is 6.54 Å². The fraction of sp³-hybridized carbons (Fsp3) is 0.136. The number of carbonyl (C=O) groups is 1. The molecule has 0 radical (unpaired) electrons. The van der Waals surface area contributed by atoms with Gasteiger partial charge in [-0.15, -0.1) is 11.3 Å². The first-order valence-corrected chi connectivity index (χ1v) is 9.94. The van der Waals surface area contributed by atoms with Crippen LogP contribution in [0.3, 0.4) is 0 Å². The largest absolute Gasteiger partial charge is 0.454 e. The maximum Gasteiger partial charge on any atom is 0.263 e. The van der Waals surface area contributed by atoms with Crippen molar-refractivity contribution in [1.29, 1.82) is 0 Å². The molecule has 144 valence electrons. The maximum absolute atomic E-state index is 13.1. The molecule has 2 aromatic heterocycles. The number of Topliss-reactive ketones (excluding diaryl/α,β-unsaturated/α-hetero) is 1. The van der Waals surface area contributed by atoms with E-state index in [9.17, 15) is 9.59 Å². The van der Waals surface area contributed by atoms with Crippen molar-refractivity contribution < 1.29 is 14.3 Å². The SMILES string of the molecule is Cc1ccc(-c2csc3ncn(CC(=O)c4ccc5c(c4)OCO5)c(=O)c23)cc1. The molecular weight excluding hydrogens is 388 g/mol. The number of hydrogen-bond donors (Lipinski definition) is 0. The summed E-state index contributed by atoms with van der Waals surface area (Å²) in [7, 11) is 0. The predicted molar refractivity (Wildman–Crippen MR) is 111 cm³/mol. The highest BCUT2D eigenvalue weighted by atomic mass is 32.1. The summed E-state index contributed by atoms with van der Waals surface area (Å²) < 4.78 is 12.0. The highest BCUT2D eigenvalue weighted by molar-refractivity contribution is 7.17. The molecule has 7 heteroatoms. The number of ketones is 1. The predicted octanol–water partition coefficient (Wildman–Crippen LogP) is 4.05. The molecule has 3 heterocycles. The Labute approximate surface area is 170 Å². The van der Waals surface area contributed by atoms with Gasteiger partial charge in [-0.05, 0) is 30.7 Å². The normalized spacial score (nSPS) is 12.4. The van der Waals surface area contributed by atoms with E-state index < -0.39 is 0 Å². The number of aryl methyl sites for hydroxylation is 1. The molecule has 1 aliphatic rings. The number of benzene rings is 2. The Morgan fingerprint density at radius 1 is 1.14 bits per heavy atom. The van der Waals surface area contributed by atoms with E-state index in [-0.39, 0.29) is 24.7 Å². The van der Waals surface area contributed by atoms with Gasteiger partial charge in [-0.25, -0.2) is 4.98 Å². The molecule has 0 saturated heterocycles. The zero-order valence-electron chi connectivity index (χ0n) is 15.5. The van der Waals surface area contributed by atoms with Crippen molar-refractivity contribution in [1.82, 2.24) is 9.55 Å². The van der Waals surface area contributed by atoms with Crippen LogP contribution < -0.4 is 15.0 Å². The second kappa shape index (κ2) is 6.86. The van der Waals surface area contributed by atoms with Crippen molar-refractivity contribution in [3.8, 4) is 22.6 Å². The van der Waals surface area contributed by atoms with Crippen LogP contribution >= 0.6 is 11.3 Å². The third-order valence-electron chi connectivity index (χ3n) is 4.93. The summed E-state index contributed by atoms with van der Waals surface area (Å²) in [5.41, 5.74) is 3.19. The first-order valence-electron chi connectivity index (χ1n) is 9.07. The number of carbonyl (C=O) groups excluding carboxylic acids is 1. The van der Waals surface area contributed by atoms with Crippen LogP contribution in [0.5, 0.6) is 11.5 Å². The van der Waals surface area contributed by atoms with Crippen LogP contribution in [0.25, 0.3) is 21.3 Å². The molecule has 0 spiro atoms. The lowest BCUT2D eigenvalue weighted by Crippen LogP contribution is -2.24. The monoisotopic (exact) mass is 404 g/mol. The van der Waals surface area contributed by atoms with E-state index in [1.807, 2.05) is 36.6 Å². The number of rotatable bonds is 4. The van der Waals surface area contributed by atoms with Crippen molar-refractivity contribution in [2.75, 3.05) is 6.79 Å². The van der Waals surface area contributed by atoms with Gasteiger partial charge in [-0.3, -0.25) is 14.2 Å². The van der Waals surface area contributed by atoms with Crippen LogP contribution in [0.15, 0.2) is 59.0 Å². The topological polar surface area (TPSA) is 70.4 Å². The lowest BCUT2D eigenvalue weighted by Gasteiger charge is -2.07. The number of thiophene rings is 1. The molecule has 0 fully saturated rings. The molecule has 4 aromatic rings. The molecule has 2 aromatic carbocycles. The molecule has 0 bridgehead atoms. The average Bonchev–Trinajstić information content (AvgIpc) is 3.37. The van der Waals surface area contributed by atoms with E-state index in [4.69, 9.17) is 9.47 Å². The third-order valence-corrected chi connectivity index (χ3v) is 5.82. The van der Waals surface area contributed by atoms with E-state index in [1.165, 1.54) is 22.2 Å². The quantitative estimate of drug-likeness (QED) is 0.480. The van der Waals surface area contributed by atoms with Crippen molar-refractivity contribution in [2.45, 2.75) is 13.5 Å². The van der Waals surface area contributed by atoms with Gasteiger partial charge in [-0.2, -0.15) is 0 Å². The standard InChI is InChI=1S/C22H16N2O4S/c1-13-2-4-14(5-3-13)16-10-29-21-20(16)22(26)24(11-23-21)9-17(25)15-6-7-18-19(8-15)28-12-27-18/h2-8,10-11H,9,12H2,1H3. The number of ether oxygens (including phenoxy) is 2. The molecule has 6 nitrogen and oxygen atoms in total. The van der Waals surface area contributed by atoms with E-state index in [1.54, 1.807) is 18.2 Å². The summed E-state index contributed by atoms with van der Waals surface area (Å²) in [6.45, 7) is 2.07. The number of nitrogens with zero attached hydrogens (tertiary/aromatic N) is 2. The molecule has 0 atom stereocenters. The Morgan fingerprint density at radius 3 is 2.76 bits per heavy atom. The van der Waals surface area contributed by atoms with Gasteiger partial charge in [0.15, 0.2) is 17.3 Å². The molecule has 1 aliphatic heterocycles. The summed E-state index contributed by atoms with van der Waals surface area (Å²) in [5.74, 6) is 0.956. The fourth-order valence-corrected chi connectivity index (χ4v) is 4.25. The van der Waals surface area contributed by atoms with Crippen LogP contribution in [0.2, 0.25) is 0 Å². The highest BCUT2D eigenvalue weighted by Crippen LogP contribution is 2.33. The first kappa shape index (κ1) is 17.6. The first-order chi connectivity index (χ1) is 14.1. The van der Waals surface area contributed by atoms with E-state index in [2.05, 4.69) is 4.98 Å². The van der Waals surface area contributed by atoms with E-state index >= 15 is 0 Å². The smallest absolute Gasteiger partial charge is 0.263 e. The lowest BCUT2D eigenvalue weighted by molar-refractivity contribution is 0.0970. The summed E-state index contributed by atoms with van der Waals surface area (Å²) in [6.07, 6.45) is 1.44. The van der Waals surface area contributed by atoms with Crippen molar-refractivity contribution in [2.24, 2.45) is 0 Å². The zero-order chi connectivity index (χ0) is 20.0. The average molecular weight is 404 g/mol. The Hall–Kier alpha value is -3.45. The summed E-state index contributed by atoms with van der Waals surface area (Å²) in [5, 5.41) is 2.48. The Kier molecular flexibility index (Phi) is 4.17. The van der Waals surface area contributed by atoms with Crippen LogP contribution in [0, 0.1) is 6.92 Å². The van der Waals surface area contributed by atoms with Gasteiger partial charge in [0.1, 0.15) is 4.83 Å². The minimum absolute atomic E-state index is 0.0927. The molecule has 0 aliphatic carbocycles. The summed E-state index contributed by atoms with van der Waals surface area (Å²) in [4.78, 5) is 30.9. The van der Waals surface area contributed by atoms with Crippen LogP contribution in [0.1, 0.15) is 15.9 Å². The summed E-state index contributed by atoms with van der Waals surface area (Å²) >= 11 is 1.42. The molecule has 0 unspecified atom stereocenters. The molecule has 29 heavy (non-hydrogen) atoms. The maximum atomic E-state index is 13.1. The van der Waals surface area contributed by atoms with Gasteiger partial charge in [0.25, 0.3) is 5.56 Å². The van der Waals surface area contributed by atoms with Crippen molar-refractivity contribution in [3.63, 3.8) is 0 Å². The third kappa shape index (κ3) is 3.09. The van der Waals surface area contributed by atoms with Gasteiger partial charge >= 0.3 is 0 Å². The minimum Gasteiger partial charge on any atom is -0.454 e. The van der Waals surface area contributed by atoms with E-state index in [0.717, 1.165) is 16.7 Å². The molecule has 5 rings (SSSR count). The number of aromatic nitrogens is 2. The highest BCUT2D eigenvalue weighted by Gasteiger charge is 2.18. The van der Waals surface area contributed by atoms with Gasteiger partial charge in [-0.1, -0.05) is 29.8 Å². The van der Waals surface area contributed by atoms with Crippen LogP contribution in [0.4, 0.5) is 0 Å². The van der Waals surface area contributed by atoms with Crippen LogP contribution in [-0.4, -0.2) is 22.1 Å². The van der Waals surface area contributed by atoms with E-state index in [0.29, 0.717) is 27.3 Å². The Balaban J connectivity index is 1.51. The second-order valence-electron chi connectivity index (χ2n) is 6.86. The van der Waals surface area contributed by atoms with Gasteiger partial charge in [0, 0.05) is 16.5 Å². The van der Waals surface area contributed by atoms with Crippen molar-refractivity contribution >= 4 is 27.3 Å². The molecular formula is C22H16N2O4S. The Bertz CT molecular complexity index is 1300. The van der Waals surface area contributed by atoms with Gasteiger partial charge in [0.05, 0.1) is 18.3 Å². The van der Waals surface area contributed by atoms with Crippen molar-refractivity contribution in [3.05, 3.63) is 75.7 Å². The number of fused-ring (bicyclic) bond motifs is 2. The second-order valence-corrected chi connectivity index (χ2v) is 7.72. The zero-order valence-corrected chi connectivity index (χ0v) is 16.4. The number of hydrogen-bond acceptors (Lipinski definition) is 6. The lowest BCUT2D eigenvalue weighted by atomic mass is 10.0. The molecule has 0 N–H and O–H groups in total. The summed E-state index contributed by atoms with van der Waals surface area (Å²) in [6, 6.07) is 13.0. The Morgan fingerprint density at radius 2 is 1.93 bits per heavy atom. The van der Waals surface area contributed by atoms with Gasteiger partial charge in [0.2, 0.25) is 6.79 Å². The molecule has 0 amide bonds. The molecule has 0 saturated carbocycles. The fourth-order valence-electron chi connectivity index (χ4n) is 3.34.